The van der Waals surface area contributed by atoms with Crippen LogP contribution in [0, 0.1) is 22.7 Å². The average Bonchev–Trinajstić information content (AvgIpc) is 2.71. The quantitative estimate of drug-likeness (QED) is 0.569. The van der Waals surface area contributed by atoms with Crippen molar-refractivity contribution in [2.24, 2.45) is 0 Å². The molecule has 2 aromatic rings. The Morgan fingerprint density at radius 2 is 1.00 bits per heavy atom. The first kappa shape index (κ1) is 19.1. The first-order chi connectivity index (χ1) is 12.5. The van der Waals surface area contributed by atoms with Crippen LogP contribution in [-0.2, 0) is 0 Å². The van der Waals surface area contributed by atoms with Crippen LogP contribution in [0.2, 0.25) is 0 Å². The van der Waals surface area contributed by atoms with Gasteiger partial charge in [0.15, 0.2) is 0 Å². The molecule has 0 unspecified atom stereocenters. The zero-order valence-electron chi connectivity index (χ0n) is 15.8. The highest BCUT2D eigenvalue weighted by Crippen LogP contribution is 2.28. The number of rotatable bonds is 6. The normalized spacial score (nSPS) is 11.2. The Kier molecular flexibility index (Phi) is 6.42. The van der Waals surface area contributed by atoms with E-state index >= 15 is 0 Å². The number of hydrogen-bond acceptors (Lipinski definition) is 4. The summed E-state index contributed by atoms with van der Waals surface area (Å²) in [6, 6.07) is 19.9. The van der Waals surface area contributed by atoms with E-state index in [4.69, 9.17) is 0 Å². The van der Waals surface area contributed by atoms with Gasteiger partial charge in [-0.05, 0) is 49.2 Å². The molecule has 0 atom stereocenters. The summed E-state index contributed by atoms with van der Waals surface area (Å²) in [4.78, 5) is 4.24. The zero-order valence-corrected chi connectivity index (χ0v) is 15.8. The monoisotopic (exact) mass is 344 g/mol. The number of nitriles is 2. The second-order valence-electron chi connectivity index (χ2n) is 6.10. The van der Waals surface area contributed by atoms with E-state index in [1.165, 1.54) is 0 Å². The van der Waals surface area contributed by atoms with Crippen molar-refractivity contribution in [1.82, 2.24) is 0 Å². The molecule has 0 amide bonds. The minimum Gasteiger partial charge on any atom is -0.375 e. The van der Waals surface area contributed by atoms with Gasteiger partial charge >= 0.3 is 0 Å². The standard InChI is InChI=1S/C22H24N4/c1-5-25(3)19-11-7-17(8-12-19)21(15-23)22(16-24)18-9-13-20(14-10-18)26(4)6-2/h7-14H,5-6H2,1-4H3/b22-21+. The fourth-order valence-corrected chi connectivity index (χ4v) is 2.66. The number of anilines is 2. The predicted molar refractivity (Wildman–Crippen MR) is 109 cm³/mol. The molecule has 0 fully saturated rings. The Hall–Kier alpha value is -3.24. The van der Waals surface area contributed by atoms with Gasteiger partial charge in [0.2, 0.25) is 0 Å². The van der Waals surface area contributed by atoms with Crippen molar-refractivity contribution in [3.8, 4) is 12.1 Å². The molecular weight excluding hydrogens is 320 g/mol. The van der Waals surface area contributed by atoms with Crippen molar-refractivity contribution in [1.29, 1.82) is 10.5 Å². The van der Waals surface area contributed by atoms with Crippen molar-refractivity contribution >= 4 is 22.5 Å². The predicted octanol–water partition coefficient (Wildman–Crippen LogP) is 4.56. The fraction of sp³-hybridized carbons (Fsp3) is 0.273. The Morgan fingerprint density at radius 1 is 0.692 bits per heavy atom. The number of nitrogens with zero attached hydrogens (tertiary/aromatic N) is 4. The molecule has 4 nitrogen and oxygen atoms in total. The third-order valence-corrected chi connectivity index (χ3v) is 4.62. The van der Waals surface area contributed by atoms with E-state index in [0.29, 0.717) is 11.1 Å². The van der Waals surface area contributed by atoms with E-state index in [0.717, 1.165) is 35.6 Å². The molecule has 26 heavy (non-hydrogen) atoms. The zero-order chi connectivity index (χ0) is 19.1. The fourth-order valence-electron chi connectivity index (χ4n) is 2.66. The van der Waals surface area contributed by atoms with Crippen LogP contribution in [0.5, 0.6) is 0 Å². The van der Waals surface area contributed by atoms with Crippen molar-refractivity contribution < 1.29 is 0 Å². The van der Waals surface area contributed by atoms with Gasteiger partial charge < -0.3 is 9.80 Å². The molecule has 0 aliphatic rings. The lowest BCUT2D eigenvalue weighted by Gasteiger charge is -2.17. The van der Waals surface area contributed by atoms with E-state index in [-0.39, 0.29) is 0 Å². The van der Waals surface area contributed by atoms with Crippen LogP contribution in [-0.4, -0.2) is 27.2 Å². The molecule has 0 radical (unpaired) electrons. The highest BCUT2D eigenvalue weighted by Gasteiger charge is 2.12. The average molecular weight is 344 g/mol. The lowest BCUT2D eigenvalue weighted by Crippen LogP contribution is -2.15. The van der Waals surface area contributed by atoms with E-state index in [9.17, 15) is 10.5 Å². The number of hydrogen-bond donors (Lipinski definition) is 0. The molecular formula is C22H24N4. The minimum absolute atomic E-state index is 0.398. The first-order valence-corrected chi connectivity index (χ1v) is 8.73. The lowest BCUT2D eigenvalue weighted by molar-refractivity contribution is 0.968. The van der Waals surface area contributed by atoms with E-state index in [2.05, 4.69) is 35.8 Å². The molecule has 0 saturated heterocycles. The second kappa shape index (κ2) is 8.74. The third-order valence-electron chi connectivity index (χ3n) is 4.62. The minimum atomic E-state index is 0.398. The van der Waals surface area contributed by atoms with Crippen LogP contribution in [0.4, 0.5) is 11.4 Å². The van der Waals surface area contributed by atoms with Crippen LogP contribution >= 0.6 is 0 Å². The van der Waals surface area contributed by atoms with Crippen LogP contribution < -0.4 is 9.80 Å². The van der Waals surface area contributed by atoms with Crippen LogP contribution in [0.25, 0.3) is 11.1 Å². The largest absolute Gasteiger partial charge is 0.375 e. The summed E-state index contributed by atoms with van der Waals surface area (Å²) in [6.45, 7) is 5.98. The van der Waals surface area contributed by atoms with Crippen LogP contribution in [0.3, 0.4) is 0 Å². The summed E-state index contributed by atoms with van der Waals surface area (Å²) in [5.74, 6) is 0. The number of benzene rings is 2. The summed E-state index contributed by atoms with van der Waals surface area (Å²) >= 11 is 0. The number of allylic oxidation sites excluding steroid dienone is 2. The van der Waals surface area contributed by atoms with E-state index in [1.807, 2.05) is 62.6 Å². The summed E-state index contributed by atoms with van der Waals surface area (Å²) in [5, 5.41) is 19.3. The molecule has 132 valence electrons. The Labute approximate surface area is 156 Å². The van der Waals surface area contributed by atoms with Gasteiger partial charge in [-0.15, -0.1) is 0 Å². The van der Waals surface area contributed by atoms with Gasteiger partial charge in [-0.2, -0.15) is 10.5 Å². The lowest BCUT2D eigenvalue weighted by atomic mass is 9.96. The molecule has 0 saturated carbocycles. The molecule has 0 aliphatic carbocycles. The Bertz CT molecular complexity index is 776. The molecule has 0 heterocycles. The highest BCUT2D eigenvalue weighted by atomic mass is 15.1. The van der Waals surface area contributed by atoms with Crippen LogP contribution in [0.1, 0.15) is 25.0 Å². The van der Waals surface area contributed by atoms with Crippen molar-refractivity contribution in [2.75, 3.05) is 37.0 Å². The van der Waals surface area contributed by atoms with Gasteiger partial charge in [-0.25, -0.2) is 0 Å². The molecule has 2 aromatic carbocycles. The van der Waals surface area contributed by atoms with Gasteiger partial charge in [-0.1, -0.05) is 24.3 Å². The maximum Gasteiger partial charge on any atom is 0.101 e. The van der Waals surface area contributed by atoms with Crippen molar-refractivity contribution in [3.05, 3.63) is 59.7 Å². The third kappa shape index (κ3) is 4.05. The van der Waals surface area contributed by atoms with Gasteiger partial charge in [0, 0.05) is 38.6 Å². The van der Waals surface area contributed by atoms with Crippen molar-refractivity contribution in [3.63, 3.8) is 0 Å². The molecule has 0 N–H and O–H groups in total. The molecule has 2 rings (SSSR count). The molecule has 4 heteroatoms. The van der Waals surface area contributed by atoms with Gasteiger partial charge in [0.05, 0.1) is 11.1 Å². The van der Waals surface area contributed by atoms with Gasteiger partial charge in [0.25, 0.3) is 0 Å². The van der Waals surface area contributed by atoms with E-state index < -0.39 is 0 Å². The summed E-state index contributed by atoms with van der Waals surface area (Å²) in [7, 11) is 4.04. The molecule has 0 spiro atoms. The summed E-state index contributed by atoms with van der Waals surface area (Å²) in [6.07, 6.45) is 0. The topological polar surface area (TPSA) is 54.1 Å². The molecule has 0 bridgehead atoms. The highest BCUT2D eigenvalue weighted by molar-refractivity contribution is 6.02. The molecule has 0 aliphatic heterocycles. The maximum absolute atomic E-state index is 9.67. The van der Waals surface area contributed by atoms with Crippen molar-refractivity contribution in [2.45, 2.75) is 13.8 Å². The molecule has 0 aromatic heterocycles. The van der Waals surface area contributed by atoms with Gasteiger partial charge in [-0.3, -0.25) is 0 Å². The second-order valence-corrected chi connectivity index (χ2v) is 6.10. The SMILES string of the molecule is CCN(C)c1ccc(/C(C#N)=C(\C#N)c2ccc(N(C)CC)cc2)cc1. The summed E-state index contributed by atoms with van der Waals surface area (Å²) in [5.41, 5.74) is 4.47. The Morgan fingerprint density at radius 3 is 1.23 bits per heavy atom. The van der Waals surface area contributed by atoms with Gasteiger partial charge in [0.1, 0.15) is 12.1 Å². The van der Waals surface area contributed by atoms with Crippen LogP contribution in [0.15, 0.2) is 48.5 Å². The smallest absolute Gasteiger partial charge is 0.101 e. The maximum atomic E-state index is 9.67. The summed E-state index contributed by atoms with van der Waals surface area (Å²) < 4.78 is 0. The van der Waals surface area contributed by atoms with E-state index in [1.54, 1.807) is 0 Å². The first-order valence-electron chi connectivity index (χ1n) is 8.73. The Balaban J connectivity index is 2.45.